The Hall–Kier alpha value is -2.82. The van der Waals surface area contributed by atoms with Crippen molar-refractivity contribution in [3.05, 3.63) is 59.2 Å². The smallest absolute Gasteiger partial charge is 0.344 e. The van der Waals surface area contributed by atoms with Crippen molar-refractivity contribution in [2.75, 3.05) is 5.32 Å². The lowest BCUT2D eigenvalue weighted by molar-refractivity contribution is -0.144. The second-order valence-corrected chi connectivity index (χ2v) is 5.40. The number of ether oxygens (including phenoxy) is 1. The van der Waals surface area contributed by atoms with Crippen molar-refractivity contribution in [2.24, 2.45) is 0 Å². The van der Waals surface area contributed by atoms with Gasteiger partial charge < -0.3 is 15.2 Å². The molecule has 0 aliphatic rings. The number of rotatable bonds is 5. The molecule has 0 saturated carbocycles. The first-order chi connectivity index (χ1) is 10.9. The molecule has 0 spiro atoms. The van der Waals surface area contributed by atoms with Gasteiger partial charge in [0.05, 0.1) is 0 Å². The number of benzene rings is 2. The molecule has 120 valence electrons. The Morgan fingerprint density at radius 2 is 1.74 bits per heavy atom. The quantitative estimate of drug-likeness (QED) is 0.887. The summed E-state index contributed by atoms with van der Waals surface area (Å²) >= 11 is 0. The third-order valence-electron chi connectivity index (χ3n) is 3.42. The number of anilines is 1. The van der Waals surface area contributed by atoms with Crippen molar-refractivity contribution >= 4 is 17.6 Å². The lowest BCUT2D eigenvalue weighted by Gasteiger charge is -2.12. The molecular weight excluding hydrogens is 294 g/mol. The van der Waals surface area contributed by atoms with Crippen LogP contribution in [0.5, 0.6) is 5.75 Å². The highest BCUT2D eigenvalue weighted by Gasteiger charge is 2.13. The molecule has 23 heavy (non-hydrogen) atoms. The lowest BCUT2D eigenvalue weighted by atomic mass is 10.1. The Kier molecular flexibility index (Phi) is 5.01. The van der Waals surface area contributed by atoms with E-state index < -0.39 is 12.1 Å². The maximum Gasteiger partial charge on any atom is 0.344 e. The molecule has 0 aliphatic carbocycles. The number of aryl methyl sites for hydroxylation is 2. The molecule has 0 aromatic heterocycles. The van der Waals surface area contributed by atoms with Crippen molar-refractivity contribution in [1.29, 1.82) is 0 Å². The molecule has 0 saturated heterocycles. The molecule has 0 radical (unpaired) electrons. The second kappa shape index (κ2) is 6.96. The van der Waals surface area contributed by atoms with Gasteiger partial charge in [-0.25, -0.2) is 4.79 Å². The highest BCUT2D eigenvalue weighted by molar-refractivity contribution is 6.04. The van der Waals surface area contributed by atoms with Gasteiger partial charge in [0.25, 0.3) is 5.91 Å². The van der Waals surface area contributed by atoms with Crippen molar-refractivity contribution < 1.29 is 19.4 Å². The van der Waals surface area contributed by atoms with Crippen molar-refractivity contribution in [3.63, 3.8) is 0 Å². The van der Waals surface area contributed by atoms with E-state index in [1.807, 2.05) is 32.0 Å². The van der Waals surface area contributed by atoms with Crippen molar-refractivity contribution in [2.45, 2.75) is 26.9 Å². The predicted molar refractivity (Wildman–Crippen MR) is 88.0 cm³/mol. The number of hydrogen-bond donors (Lipinski definition) is 2. The van der Waals surface area contributed by atoms with Crippen LogP contribution < -0.4 is 10.1 Å². The summed E-state index contributed by atoms with van der Waals surface area (Å²) in [5, 5.41) is 11.7. The largest absolute Gasteiger partial charge is 0.479 e. The van der Waals surface area contributed by atoms with Gasteiger partial charge >= 0.3 is 5.97 Å². The van der Waals surface area contributed by atoms with Crippen molar-refractivity contribution in [3.8, 4) is 5.75 Å². The molecule has 2 aromatic rings. The minimum absolute atomic E-state index is 0.225. The number of hydrogen-bond acceptors (Lipinski definition) is 3. The Labute approximate surface area is 134 Å². The number of carboxylic acid groups (broad SMARTS) is 1. The highest BCUT2D eigenvalue weighted by Crippen LogP contribution is 2.19. The topological polar surface area (TPSA) is 75.6 Å². The molecule has 1 atom stereocenters. The summed E-state index contributed by atoms with van der Waals surface area (Å²) in [5.74, 6) is -0.860. The predicted octanol–water partition coefficient (Wildman–Crippen LogP) is 3.41. The normalized spacial score (nSPS) is 11.6. The SMILES string of the molecule is Cc1ccc(C)c(NC(=O)c2ccc(OC(C)C(=O)O)cc2)c1. The second-order valence-electron chi connectivity index (χ2n) is 5.40. The van der Waals surface area contributed by atoms with Crippen LogP contribution in [0.2, 0.25) is 0 Å². The third kappa shape index (κ3) is 4.32. The summed E-state index contributed by atoms with van der Waals surface area (Å²) in [5.41, 5.74) is 3.30. The number of carbonyl (C=O) groups excluding carboxylic acids is 1. The van der Waals surface area contributed by atoms with Gasteiger partial charge in [0, 0.05) is 11.3 Å². The minimum Gasteiger partial charge on any atom is -0.479 e. The van der Waals surface area contributed by atoms with Crippen LogP contribution in [-0.4, -0.2) is 23.1 Å². The van der Waals surface area contributed by atoms with E-state index in [0.29, 0.717) is 11.3 Å². The summed E-state index contributed by atoms with van der Waals surface area (Å²) < 4.78 is 5.23. The molecule has 5 heteroatoms. The molecule has 1 unspecified atom stereocenters. The van der Waals surface area contributed by atoms with E-state index in [1.165, 1.54) is 6.92 Å². The molecule has 2 N–H and O–H groups in total. The van der Waals surface area contributed by atoms with E-state index in [-0.39, 0.29) is 5.91 Å². The summed E-state index contributed by atoms with van der Waals surface area (Å²) in [7, 11) is 0. The Bertz CT molecular complexity index is 722. The monoisotopic (exact) mass is 313 g/mol. The standard InChI is InChI=1S/C18H19NO4/c1-11-4-5-12(2)16(10-11)19-17(20)14-6-8-15(9-7-14)23-13(3)18(21)22/h4-10,13H,1-3H3,(H,19,20)(H,21,22). The average molecular weight is 313 g/mol. The number of aliphatic carboxylic acids is 1. The first-order valence-electron chi connectivity index (χ1n) is 7.25. The molecule has 5 nitrogen and oxygen atoms in total. The maximum absolute atomic E-state index is 12.3. The number of nitrogens with one attached hydrogen (secondary N) is 1. The zero-order chi connectivity index (χ0) is 17.0. The summed E-state index contributed by atoms with van der Waals surface area (Å²) in [4.78, 5) is 23.0. The van der Waals surface area contributed by atoms with Crippen LogP contribution in [0.3, 0.4) is 0 Å². The number of amides is 1. The van der Waals surface area contributed by atoms with Gasteiger partial charge in [0.1, 0.15) is 5.75 Å². The van der Waals surface area contributed by atoms with Gasteiger partial charge in [0.15, 0.2) is 6.10 Å². The van der Waals surface area contributed by atoms with Crippen LogP contribution >= 0.6 is 0 Å². The van der Waals surface area contributed by atoms with Crippen LogP contribution in [0.4, 0.5) is 5.69 Å². The summed E-state index contributed by atoms with van der Waals surface area (Å²) in [6, 6.07) is 12.2. The van der Waals surface area contributed by atoms with E-state index in [9.17, 15) is 9.59 Å². The minimum atomic E-state index is -1.04. The van der Waals surface area contributed by atoms with Gasteiger partial charge in [-0.1, -0.05) is 12.1 Å². The Balaban J connectivity index is 2.08. The molecule has 0 fully saturated rings. The van der Waals surface area contributed by atoms with E-state index in [1.54, 1.807) is 24.3 Å². The van der Waals surface area contributed by atoms with E-state index >= 15 is 0 Å². The first kappa shape index (κ1) is 16.5. The number of carboxylic acids is 1. The zero-order valence-electron chi connectivity index (χ0n) is 13.3. The van der Waals surface area contributed by atoms with Gasteiger partial charge in [-0.15, -0.1) is 0 Å². The first-order valence-corrected chi connectivity index (χ1v) is 7.25. The molecule has 0 heterocycles. The lowest BCUT2D eigenvalue weighted by Crippen LogP contribution is -2.22. The van der Waals surface area contributed by atoms with Crippen LogP contribution in [0, 0.1) is 13.8 Å². The summed E-state index contributed by atoms with van der Waals surface area (Å²) in [6.45, 7) is 5.34. The molecule has 0 bridgehead atoms. The number of carbonyl (C=O) groups is 2. The fraction of sp³-hybridized carbons (Fsp3) is 0.222. The highest BCUT2D eigenvalue weighted by atomic mass is 16.5. The molecule has 2 aromatic carbocycles. The van der Waals surface area contributed by atoms with Crippen LogP contribution in [0.15, 0.2) is 42.5 Å². The molecule has 0 aliphatic heterocycles. The Morgan fingerprint density at radius 3 is 2.35 bits per heavy atom. The van der Waals surface area contributed by atoms with Gasteiger partial charge in [-0.2, -0.15) is 0 Å². The average Bonchev–Trinajstić information content (AvgIpc) is 2.51. The third-order valence-corrected chi connectivity index (χ3v) is 3.42. The van der Waals surface area contributed by atoms with E-state index in [2.05, 4.69) is 5.32 Å². The fourth-order valence-electron chi connectivity index (χ4n) is 2.00. The molecular formula is C18H19NO4. The van der Waals surface area contributed by atoms with Crippen LogP contribution in [-0.2, 0) is 4.79 Å². The van der Waals surface area contributed by atoms with E-state index in [4.69, 9.17) is 9.84 Å². The van der Waals surface area contributed by atoms with Gasteiger partial charge in [0.2, 0.25) is 0 Å². The fourth-order valence-corrected chi connectivity index (χ4v) is 2.00. The van der Waals surface area contributed by atoms with Crippen LogP contribution in [0.1, 0.15) is 28.4 Å². The Morgan fingerprint density at radius 1 is 1.09 bits per heavy atom. The zero-order valence-corrected chi connectivity index (χ0v) is 13.3. The molecule has 2 rings (SSSR count). The van der Waals surface area contributed by atoms with Gasteiger partial charge in [-0.05, 0) is 62.2 Å². The van der Waals surface area contributed by atoms with Crippen molar-refractivity contribution in [1.82, 2.24) is 0 Å². The summed E-state index contributed by atoms with van der Waals surface area (Å²) in [6.07, 6.45) is -0.940. The van der Waals surface area contributed by atoms with E-state index in [0.717, 1.165) is 16.8 Å². The maximum atomic E-state index is 12.3. The van der Waals surface area contributed by atoms with Crippen LogP contribution in [0.25, 0.3) is 0 Å². The molecule has 1 amide bonds. The van der Waals surface area contributed by atoms with Gasteiger partial charge in [-0.3, -0.25) is 4.79 Å².